The molecule has 2 rings (SSSR count). The summed E-state index contributed by atoms with van der Waals surface area (Å²) in [6.45, 7) is 2.07. The fourth-order valence-corrected chi connectivity index (χ4v) is 2.22. The van der Waals surface area contributed by atoms with Crippen LogP contribution in [0.5, 0.6) is 0 Å². The van der Waals surface area contributed by atoms with Gasteiger partial charge < -0.3 is 4.74 Å². The normalized spacial score (nSPS) is 11.8. The van der Waals surface area contributed by atoms with E-state index >= 15 is 0 Å². The van der Waals surface area contributed by atoms with Crippen LogP contribution in [0.4, 0.5) is 0 Å². The quantitative estimate of drug-likeness (QED) is 0.467. The number of terminal acetylenes is 1. The fraction of sp³-hybridized carbons (Fsp3) is 0.278. The summed E-state index contributed by atoms with van der Waals surface area (Å²) in [5, 5.41) is 0. The molecule has 0 unspecified atom stereocenters. The molecule has 5 nitrogen and oxygen atoms in total. The number of imidazole rings is 1. The highest BCUT2D eigenvalue weighted by atomic mass is 16.5. The van der Waals surface area contributed by atoms with Crippen molar-refractivity contribution in [2.45, 2.75) is 26.2 Å². The van der Waals surface area contributed by atoms with E-state index < -0.39 is 0 Å². The van der Waals surface area contributed by atoms with Crippen molar-refractivity contribution < 1.29 is 9.53 Å². The van der Waals surface area contributed by atoms with Crippen LogP contribution in [0.15, 0.2) is 42.4 Å². The lowest BCUT2D eigenvalue weighted by Crippen LogP contribution is -2.09. The zero-order valence-corrected chi connectivity index (χ0v) is 13.3. The molecule has 23 heavy (non-hydrogen) atoms. The average Bonchev–Trinajstić information content (AvgIpc) is 3.05. The van der Waals surface area contributed by atoms with Crippen molar-refractivity contribution in [1.82, 2.24) is 14.4 Å². The zero-order valence-electron chi connectivity index (χ0n) is 13.3. The summed E-state index contributed by atoms with van der Waals surface area (Å²) in [4.78, 5) is 20.3. The maximum Gasteiger partial charge on any atom is 0.310 e. The van der Waals surface area contributed by atoms with Gasteiger partial charge in [-0.25, -0.2) is 9.97 Å². The Morgan fingerprint density at radius 1 is 1.43 bits per heavy atom. The lowest BCUT2D eigenvalue weighted by atomic mass is 10.1. The molecule has 0 aliphatic rings. The Bertz CT molecular complexity index is 794. The summed E-state index contributed by atoms with van der Waals surface area (Å²) in [7, 11) is 1.36. The van der Waals surface area contributed by atoms with Gasteiger partial charge >= 0.3 is 5.97 Å². The molecule has 118 valence electrons. The highest BCUT2D eigenvalue weighted by Gasteiger charge is 2.12. The summed E-state index contributed by atoms with van der Waals surface area (Å²) < 4.78 is 6.58. The molecule has 0 spiro atoms. The summed E-state index contributed by atoms with van der Waals surface area (Å²) >= 11 is 0. The van der Waals surface area contributed by atoms with Gasteiger partial charge in [-0.15, -0.1) is 6.42 Å². The van der Waals surface area contributed by atoms with E-state index in [1.54, 1.807) is 18.5 Å². The Balaban J connectivity index is 2.36. The molecular weight excluding hydrogens is 290 g/mol. The summed E-state index contributed by atoms with van der Waals surface area (Å²) in [6, 6.07) is 0. The van der Waals surface area contributed by atoms with Crippen LogP contribution >= 0.6 is 0 Å². The number of methoxy groups -OCH3 is 1. The molecule has 0 saturated heterocycles. The van der Waals surface area contributed by atoms with E-state index in [9.17, 15) is 4.79 Å². The first kappa shape index (κ1) is 16.5. The Labute approximate surface area is 135 Å². The molecule has 2 aromatic rings. The van der Waals surface area contributed by atoms with Crippen LogP contribution in [-0.4, -0.2) is 27.4 Å². The molecule has 0 fully saturated rings. The lowest BCUT2D eigenvalue weighted by Gasteiger charge is -2.08. The largest absolute Gasteiger partial charge is 0.469 e. The molecule has 0 aromatic carbocycles. The number of hydrogen-bond acceptors (Lipinski definition) is 4. The third-order valence-electron chi connectivity index (χ3n) is 3.34. The van der Waals surface area contributed by atoms with Crippen LogP contribution in [0.2, 0.25) is 0 Å². The summed E-state index contributed by atoms with van der Waals surface area (Å²) in [5.41, 5.74) is 2.44. The van der Waals surface area contributed by atoms with E-state index in [1.165, 1.54) is 7.11 Å². The number of aromatic nitrogens is 3. The minimum Gasteiger partial charge on any atom is -0.469 e. The first-order valence-electron chi connectivity index (χ1n) is 7.38. The van der Waals surface area contributed by atoms with Gasteiger partial charge in [-0.1, -0.05) is 25.0 Å². The number of hydrogen-bond donors (Lipinski definition) is 0. The van der Waals surface area contributed by atoms with Crippen LogP contribution in [0.1, 0.15) is 24.7 Å². The van der Waals surface area contributed by atoms with E-state index in [0.717, 1.165) is 23.4 Å². The third kappa shape index (κ3) is 4.07. The van der Waals surface area contributed by atoms with Crippen molar-refractivity contribution >= 4 is 11.6 Å². The Morgan fingerprint density at radius 3 is 2.96 bits per heavy atom. The van der Waals surface area contributed by atoms with Gasteiger partial charge in [0.15, 0.2) is 0 Å². The summed E-state index contributed by atoms with van der Waals surface area (Å²) in [6.07, 6.45) is 18.1. The molecule has 0 amide bonds. The van der Waals surface area contributed by atoms with Crippen LogP contribution in [0.3, 0.4) is 0 Å². The second-order valence-corrected chi connectivity index (χ2v) is 4.95. The molecular formula is C18H19N3O2. The molecule has 0 aliphatic heterocycles. The number of ether oxygens (including phenoxy) is 1. The van der Waals surface area contributed by atoms with Gasteiger partial charge in [0.2, 0.25) is 0 Å². The number of carbonyl (C=O) groups is 1. The van der Waals surface area contributed by atoms with Gasteiger partial charge in [-0.3, -0.25) is 9.20 Å². The maximum absolute atomic E-state index is 11.5. The van der Waals surface area contributed by atoms with Gasteiger partial charge in [-0.05, 0) is 18.1 Å². The van der Waals surface area contributed by atoms with Crippen molar-refractivity contribution in [2.75, 3.05) is 7.11 Å². The molecule has 0 bridgehead atoms. The van der Waals surface area contributed by atoms with Gasteiger partial charge in [-0.2, -0.15) is 0 Å². The first-order chi connectivity index (χ1) is 11.2. The Morgan fingerprint density at radius 2 is 2.26 bits per heavy atom. The fourth-order valence-electron chi connectivity index (χ4n) is 2.22. The van der Waals surface area contributed by atoms with Crippen LogP contribution < -0.4 is 0 Å². The molecule has 2 heterocycles. The molecule has 0 radical (unpaired) electrons. The highest BCUT2D eigenvalue weighted by molar-refractivity contribution is 5.74. The minimum absolute atomic E-state index is 0.146. The Kier molecular flexibility index (Phi) is 5.70. The number of carbonyl (C=O) groups excluding carboxylic acids is 1. The molecule has 0 atom stereocenters. The van der Waals surface area contributed by atoms with Crippen molar-refractivity contribution in [1.29, 1.82) is 0 Å². The van der Waals surface area contributed by atoms with E-state index in [-0.39, 0.29) is 12.4 Å². The van der Waals surface area contributed by atoms with Crippen molar-refractivity contribution in [3.63, 3.8) is 0 Å². The Hall–Kier alpha value is -2.87. The SMILES string of the molecule is C#C/C=C(\C=C/CC)Cc1ncc(CC(=O)OC)c2nccn12. The predicted octanol–water partition coefficient (Wildman–Crippen LogP) is 2.51. The number of allylic oxidation sites excluding steroid dienone is 4. The second kappa shape index (κ2) is 7.95. The monoisotopic (exact) mass is 309 g/mol. The van der Waals surface area contributed by atoms with Crippen LogP contribution in [0.25, 0.3) is 5.65 Å². The molecule has 2 aromatic heterocycles. The van der Waals surface area contributed by atoms with Gasteiger partial charge in [0.05, 0.1) is 13.5 Å². The van der Waals surface area contributed by atoms with Crippen LogP contribution in [-0.2, 0) is 22.4 Å². The number of esters is 1. The molecule has 0 aliphatic carbocycles. The standard InChI is InChI=1S/C18H19N3O2/c1-4-6-8-14(7-5-2)11-16-20-13-15(12-17(22)23-3)18-19-9-10-21(16)18/h2,6-10,13H,4,11-12H2,1,3H3/b8-6-,14-7+. The topological polar surface area (TPSA) is 56.5 Å². The third-order valence-corrected chi connectivity index (χ3v) is 3.34. The van der Waals surface area contributed by atoms with E-state index in [2.05, 4.69) is 28.9 Å². The molecule has 0 N–H and O–H groups in total. The van der Waals surface area contributed by atoms with Crippen LogP contribution in [0, 0.1) is 12.3 Å². The van der Waals surface area contributed by atoms with Crippen molar-refractivity contribution in [2.24, 2.45) is 0 Å². The smallest absolute Gasteiger partial charge is 0.310 e. The van der Waals surface area contributed by atoms with Gasteiger partial charge in [0, 0.05) is 30.6 Å². The summed E-state index contributed by atoms with van der Waals surface area (Å²) in [5.74, 6) is 3.05. The lowest BCUT2D eigenvalue weighted by molar-refractivity contribution is -0.139. The zero-order chi connectivity index (χ0) is 16.7. The maximum atomic E-state index is 11.5. The van der Waals surface area contributed by atoms with Crippen molar-refractivity contribution in [3.8, 4) is 12.3 Å². The molecule has 5 heteroatoms. The predicted molar refractivity (Wildman–Crippen MR) is 88.8 cm³/mol. The van der Waals surface area contributed by atoms with E-state index in [4.69, 9.17) is 11.2 Å². The van der Waals surface area contributed by atoms with Crippen molar-refractivity contribution in [3.05, 3.63) is 53.8 Å². The number of nitrogens with zero attached hydrogens (tertiary/aromatic N) is 3. The van der Waals surface area contributed by atoms with E-state index in [0.29, 0.717) is 12.1 Å². The second-order valence-electron chi connectivity index (χ2n) is 4.95. The minimum atomic E-state index is -0.316. The van der Waals surface area contributed by atoms with Gasteiger partial charge in [0.1, 0.15) is 11.5 Å². The number of rotatable bonds is 6. The highest BCUT2D eigenvalue weighted by Crippen LogP contribution is 2.14. The van der Waals surface area contributed by atoms with E-state index in [1.807, 2.05) is 16.7 Å². The average molecular weight is 309 g/mol. The number of fused-ring (bicyclic) bond motifs is 1. The first-order valence-corrected chi connectivity index (χ1v) is 7.38. The van der Waals surface area contributed by atoms with Gasteiger partial charge in [0.25, 0.3) is 0 Å². The molecule has 0 saturated carbocycles.